The van der Waals surface area contributed by atoms with Gasteiger partial charge in [-0.05, 0) is 25.7 Å². The molecule has 0 unspecified atom stereocenters. The highest BCUT2D eigenvalue weighted by molar-refractivity contribution is 14.0. The molecule has 1 saturated heterocycles. The number of hydrogen-bond donors (Lipinski definition) is 2. The number of ether oxygens (including phenoxy) is 1. The number of likely N-dealkylation sites (tertiary alicyclic amines) is 1. The molecule has 0 aromatic carbocycles. The molecule has 0 amide bonds. The first-order valence-corrected chi connectivity index (χ1v) is 8.99. The summed E-state index contributed by atoms with van der Waals surface area (Å²) in [4.78, 5) is 7.26. The maximum atomic E-state index is 5.16. The average molecular weight is 440 g/mol. The molecule has 1 rings (SSSR count). The second kappa shape index (κ2) is 14.3. The quantitative estimate of drug-likeness (QED) is 0.329. The minimum atomic E-state index is 0. The summed E-state index contributed by atoms with van der Waals surface area (Å²) < 4.78 is 5.16. The Morgan fingerprint density at radius 3 is 2.39 bits per heavy atom. The number of aliphatic imine (C=N–C) groups is 1. The van der Waals surface area contributed by atoms with Crippen molar-refractivity contribution in [2.45, 2.75) is 52.5 Å². The van der Waals surface area contributed by atoms with E-state index in [0.29, 0.717) is 12.0 Å². The first kappa shape index (κ1) is 22.9. The molecule has 0 aromatic heterocycles. The number of piperidine rings is 1. The molecule has 0 bridgehead atoms. The third kappa shape index (κ3) is 9.72. The van der Waals surface area contributed by atoms with Crippen molar-refractivity contribution < 1.29 is 4.74 Å². The van der Waals surface area contributed by atoms with Gasteiger partial charge in [0.25, 0.3) is 0 Å². The smallest absolute Gasteiger partial charge is 0.191 e. The molecule has 6 heteroatoms. The van der Waals surface area contributed by atoms with Gasteiger partial charge >= 0.3 is 0 Å². The van der Waals surface area contributed by atoms with Crippen LogP contribution in [0.1, 0.15) is 46.5 Å². The van der Waals surface area contributed by atoms with Crippen molar-refractivity contribution in [2.75, 3.05) is 46.4 Å². The van der Waals surface area contributed by atoms with Gasteiger partial charge < -0.3 is 20.3 Å². The Morgan fingerprint density at radius 2 is 1.87 bits per heavy atom. The summed E-state index contributed by atoms with van der Waals surface area (Å²) in [6.45, 7) is 12.6. The minimum Gasteiger partial charge on any atom is -0.383 e. The molecule has 1 heterocycles. The standard InChI is InChI=1S/C17H36N4O.HI/c1-5-15(6-2)14-19-17(18-7-3)20-16-8-10-21(11-9-16)12-13-22-4;/h15-16H,5-14H2,1-4H3,(H2,18,19,20);1H. The van der Waals surface area contributed by atoms with Crippen molar-refractivity contribution in [1.82, 2.24) is 15.5 Å². The highest BCUT2D eigenvalue weighted by Crippen LogP contribution is 2.10. The van der Waals surface area contributed by atoms with Gasteiger partial charge in [0.1, 0.15) is 0 Å². The molecule has 0 saturated carbocycles. The van der Waals surface area contributed by atoms with E-state index in [9.17, 15) is 0 Å². The van der Waals surface area contributed by atoms with Crippen LogP contribution in [0.2, 0.25) is 0 Å². The van der Waals surface area contributed by atoms with Crippen molar-refractivity contribution in [3.05, 3.63) is 0 Å². The van der Waals surface area contributed by atoms with Crippen molar-refractivity contribution in [3.8, 4) is 0 Å². The zero-order chi connectivity index (χ0) is 16.2. The molecular weight excluding hydrogens is 403 g/mol. The Balaban J connectivity index is 0.00000484. The molecule has 1 aliphatic rings. The number of halogens is 1. The van der Waals surface area contributed by atoms with Gasteiger partial charge in [-0.2, -0.15) is 0 Å². The maximum absolute atomic E-state index is 5.16. The molecule has 5 nitrogen and oxygen atoms in total. The third-order valence-electron chi connectivity index (χ3n) is 4.55. The second-order valence-electron chi connectivity index (χ2n) is 6.16. The number of methoxy groups -OCH3 is 1. The van der Waals surface area contributed by atoms with Gasteiger partial charge in [-0.15, -0.1) is 24.0 Å². The van der Waals surface area contributed by atoms with E-state index in [1.165, 1.54) is 25.7 Å². The number of rotatable bonds is 9. The van der Waals surface area contributed by atoms with Crippen molar-refractivity contribution >= 4 is 29.9 Å². The lowest BCUT2D eigenvalue weighted by Crippen LogP contribution is -2.49. The summed E-state index contributed by atoms with van der Waals surface area (Å²) >= 11 is 0. The first-order chi connectivity index (χ1) is 10.7. The predicted octanol–water partition coefficient (Wildman–Crippen LogP) is 2.71. The molecule has 1 fully saturated rings. The lowest BCUT2D eigenvalue weighted by atomic mass is 10.0. The molecule has 0 radical (unpaired) electrons. The van der Waals surface area contributed by atoms with Crippen LogP contribution < -0.4 is 10.6 Å². The summed E-state index contributed by atoms with van der Waals surface area (Å²) in [6.07, 6.45) is 4.77. The molecule has 1 aliphatic heterocycles. The minimum absolute atomic E-state index is 0. The summed E-state index contributed by atoms with van der Waals surface area (Å²) in [7, 11) is 1.77. The normalized spacial score (nSPS) is 17.2. The van der Waals surface area contributed by atoms with E-state index >= 15 is 0 Å². The van der Waals surface area contributed by atoms with Crippen LogP contribution in [0.5, 0.6) is 0 Å². The highest BCUT2D eigenvalue weighted by Gasteiger charge is 2.19. The summed E-state index contributed by atoms with van der Waals surface area (Å²) in [5.74, 6) is 1.69. The van der Waals surface area contributed by atoms with Crippen LogP contribution >= 0.6 is 24.0 Å². The van der Waals surface area contributed by atoms with E-state index < -0.39 is 0 Å². The van der Waals surface area contributed by atoms with Crippen molar-refractivity contribution in [1.29, 1.82) is 0 Å². The van der Waals surface area contributed by atoms with Crippen LogP contribution in [-0.2, 0) is 4.74 Å². The second-order valence-corrected chi connectivity index (χ2v) is 6.16. The van der Waals surface area contributed by atoms with Gasteiger partial charge in [0.05, 0.1) is 6.61 Å². The Labute approximate surface area is 160 Å². The van der Waals surface area contributed by atoms with E-state index in [0.717, 1.165) is 45.3 Å². The Bertz CT molecular complexity index is 303. The van der Waals surface area contributed by atoms with E-state index in [4.69, 9.17) is 9.73 Å². The van der Waals surface area contributed by atoms with E-state index in [2.05, 4.69) is 36.3 Å². The first-order valence-electron chi connectivity index (χ1n) is 8.99. The van der Waals surface area contributed by atoms with Gasteiger partial charge in [-0.1, -0.05) is 26.7 Å². The topological polar surface area (TPSA) is 48.9 Å². The zero-order valence-electron chi connectivity index (χ0n) is 15.4. The number of nitrogens with one attached hydrogen (secondary N) is 2. The molecule has 23 heavy (non-hydrogen) atoms. The molecule has 2 N–H and O–H groups in total. The Hall–Kier alpha value is -0.0800. The fourth-order valence-corrected chi connectivity index (χ4v) is 2.80. The highest BCUT2D eigenvalue weighted by atomic mass is 127. The van der Waals surface area contributed by atoms with Gasteiger partial charge in [0, 0.05) is 45.9 Å². The van der Waals surface area contributed by atoms with Gasteiger partial charge in [0.15, 0.2) is 5.96 Å². The predicted molar refractivity (Wildman–Crippen MR) is 110 cm³/mol. The SMILES string of the molecule is CCNC(=NCC(CC)CC)NC1CCN(CCOC)CC1.I. The summed E-state index contributed by atoms with van der Waals surface area (Å²) in [5.41, 5.74) is 0. The lowest BCUT2D eigenvalue weighted by molar-refractivity contribution is 0.128. The van der Waals surface area contributed by atoms with Crippen LogP contribution in [-0.4, -0.2) is 63.3 Å². The van der Waals surface area contributed by atoms with Gasteiger partial charge in [-0.3, -0.25) is 4.99 Å². The van der Waals surface area contributed by atoms with Crippen molar-refractivity contribution in [3.63, 3.8) is 0 Å². The maximum Gasteiger partial charge on any atom is 0.191 e. The van der Waals surface area contributed by atoms with Crippen LogP contribution in [0.4, 0.5) is 0 Å². The largest absolute Gasteiger partial charge is 0.383 e. The van der Waals surface area contributed by atoms with Crippen molar-refractivity contribution in [2.24, 2.45) is 10.9 Å². The molecule has 0 aromatic rings. The van der Waals surface area contributed by atoms with Gasteiger partial charge in [0.2, 0.25) is 0 Å². The Morgan fingerprint density at radius 1 is 1.22 bits per heavy atom. The number of guanidine groups is 1. The number of hydrogen-bond acceptors (Lipinski definition) is 3. The molecule has 138 valence electrons. The lowest BCUT2D eigenvalue weighted by Gasteiger charge is -2.33. The third-order valence-corrected chi connectivity index (χ3v) is 4.55. The number of nitrogens with zero attached hydrogens (tertiary/aromatic N) is 2. The van der Waals surface area contributed by atoms with Crippen LogP contribution in [0.3, 0.4) is 0 Å². The van der Waals surface area contributed by atoms with Crippen LogP contribution in [0.25, 0.3) is 0 Å². The summed E-state index contributed by atoms with van der Waals surface area (Å²) in [5, 5.41) is 7.00. The fraction of sp³-hybridized carbons (Fsp3) is 0.941. The van der Waals surface area contributed by atoms with Gasteiger partial charge in [-0.25, -0.2) is 0 Å². The molecular formula is C17H37IN4O. The monoisotopic (exact) mass is 440 g/mol. The molecule has 0 spiro atoms. The van der Waals surface area contributed by atoms with E-state index in [1.54, 1.807) is 7.11 Å². The molecule has 0 atom stereocenters. The van der Waals surface area contributed by atoms with Crippen LogP contribution in [0, 0.1) is 5.92 Å². The zero-order valence-corrected chi connectivity index (χ0v) is 17.8. The fourth-order valence-electron chi connectivity index (χ4n) is 2.80. The Kier molecular flexibility index (Phi) is 14.2. The van der Waals surface area contributed by atoms with E-state index in [1.807, 2.05) is 0 Å². The van der Waals surface area contributed by atoms with Crippen LogP contribution in [0.15, 0.2) is 4.99 Å². The molecule has 0 aliphatic carbocycles. The van der Waals surface area contributed by atoms with E-state index in [-0.39, 0.29) is 24.0 Å². The summed E-state index contributed by atoms with van der Waals surface area (Å²) in [6, 6.07) is 0.540. The average Bonchev–Trinajstić information content (AvgIpc) is 2.55.